The van der Waals surface area contributed by atoms with Crippen molar-refractivity contribution in [1.82, 2.24) is 5.32 Å². The summed E-state index contributed by atoms with van der Waals surface area (Å²) in [5.74, 6) is 0. The number of rotatable bonds is 3. The van der Waals surface area contributed by atoms with E-state index in [0.29, 0.717) is 11.3 Å². The van der Waals surface area contributed by atoms with Gasteiger partial charge in [0.1, 0.15) is 0 Å². The van der Waals surface area contributed by atoms with E-state index in [1.165, 1.54) is 4.90 Å². The number of hydrogen-bond acceptors (Lipinski definition) is 3. The predicted molar refractivity (Wildman–Crippen MR) is 69.4 cm³/mol. The molecule has 1 saturated heterocycles. The van der Waals surface area contributed by atoms with E-state index in [-0.39, 0.29) is 0 Å². The van der Waals surface area contributed by atoms with Gasteiger partial charge in [0.05, 0.1) is 6.61 Å². The first-order valence-corrected chi connectivity index (χ1v) is 6.72. The Bertz CT molecular complexity index is 330. The van der Waals surface area contributed by atoms with Crippen molar-refractivity contribution in [2.24, 2.45) is 0 Å². The lowest BCUT2D eigenvalue weighted by molar-refractivity contribution is 0.0851. The Kier molecular flexibility index (Phi) is 4.53. The van der Waals surface area contributed by atoms with E-state index in [1.54, 1.807) is 0 Å². The van der Waals surface area contributed by atoms with Crippen LogP contribution < -0.4 is 5.32 Å². The maximum absolute atomic E-state index is 5.86. The van der Waals surface area contributed by atoms with Crippen LogP contribution in [0.4, 0.5) is 0 Å². The minimum Gasteiger partial charge on any atom is -0.380 e. The number of ether oxygens (including phenoxy) is 1. The third-order valence-corrected chi connectivity index (χ3v) is 4.34. The molecule has 1 N–H and O–H groups in total. The standard InChI is InChI=1S/C12H16ClNOS/c1-14-11-6-7-15-8-12(11)16-10-4-2-9(13)3-5-10/h2-5,11-12,14H,6-8H2,1H3. The number of halogens is 1. The summed E-state index contributed by atoms with van der Waals surface area (Å²) in [6.45, 7) is 1.68. The van der Waals surface area contributed by atoms with Gasteiger partial charge in [-0.1, -0.05) is 11.6 Å². The van der Waals surface area contributed by atoms with Gasteiger partial charge in [-0.05, 0) is 37.7 Å². The predicted octanol–water partition coefficient (Wildman–Crippen LogP) is 2.81. The quantitative estimate of drug-likeness (QED) is 0.900. The van der Waals surface area contributed by atoms with Gasteiger partial charge < -0.3 is 10.1 Å². The molecule has 0 spiro atoms. The van der Waals surface area contributed by atoms with Gasteiger partial charge in [0.2, 0.25) is 0 Å². The molecular formula is C12H16ClNOS. The molecule has 0 amide bonds. The van der Waals surface area contributed by atoms with Crippen LogP contribution in [-0.4, -0.2) is 31.6 Å². The van der Waals surface area contributed by atoms with Crippen LogP contribution >= 0.6 is 23.4 Å². The smallest absolute Gasteiger partial charge is 0.0603 e. The van der Waals surface area contributed by atoms with Gasteiger partial charge in [0.25, 0.3) is 0 Å². The van der Waals surface area contributed by atoms with E-state index in [1.807, 2.05) is 30.9 Å². The average Bonchev–Trinajstić information content (AvgIpc) is 2.33. The highest BCUT2D eigenvalue weighted by Gasteiger charge is 2.25. The van der Waals surface area contributed by atoms with E-state index >= 15 is 0 Å². The molecule has 1 aliphatic heterocycles. The molecular weight excluding hydrogens is 242 g/mol. The number of hydrogen-bond donors (Lipinski definition) is 1. The van der Waals surface area contributed by atoms with Crippen molar-refractivity contribution in [2.45, 2.75) is 22.6 Å². The summed E-state index contributed by atoms with van der Waals surface area (Å²) in [6, 6.07) is 8.53. The van der Waals surface area contributed by atoms with E-state index in [2.05, 4.69) is 17.4 Å². The van der Waals surface area contributed by atoms with Crippen molar-refractivity contribution in [3.8, 4) is 0 Å². The van der Waals surface area contributed by atoms with Gasteiger partial charge in [-0.15, -0.1) is 11.8 Å². The molecule has 1 heterocycles. The molecule has 1 aliphatic rings. The van der Waals surface area contributed by atoms with Crippen LogP contribution in [0.15, 0.2) is 29.2 Å². The summed E-state index contributed by atoms with van der Waals surface area (Å²) in [7, 11) is 2.02. The van der Waals surface area contributed by atoms with Crippen LogP contribution in [0.1, 0.15) is 6.42 Å². The molecule has 0 radical (unpaired) electrons. The third-order valence-electron chi connectivity index (χ3n) is 2.78. The van der Waals surface area contributed by atoms with Crippen LogP contribution in [0.5, 0.6) is 0 Å². The van der Waals surface area contributed by atoms with E-state index in [0.717, 1.165) is 24.7 Å². The summed E-state index contributed by atoms with van der Waals surface area (Å²) in [6.07, 6.45) is 1.09. The Hall–Kier alpha value is -0.220. The van der Waals surface area contributed by atoms with E-state index < -0.39 is 0 Å². The van der Waals surface area contributed by atoms with Crippen molar-refractivity contribution >= 4 is 23.4 Å². The SMILES string of the molecule is CNC1CCOCC1Sc1ccc(Cl)cc1. The van der Waals surface area contributed by atoms with Gasteiger partial charge in [-0.25, -0.2) is 0 Å². The second kappa shape index (κ2) is 5.92. The fourth-order valence-electron chi connectivity index (χ4n) is 1.85. The van der Waals surface area contributed by atoms with E-state index in [4.69, 9.17) is 16.3 Å². The molecule has 2 rings (SSSR count). The second-order valence-corrected chi connectivity index (χ2v) is 5.62. The zero-order valence-electron chi connectivity index (χ0n) is 9.28. The molecule has 2 unspecified atom stereocenters. The van der Waals surface area contributed by atoms with Crippen LogP contribution in [0.2, 0.25) is 5.02 Å². The van der Waals surface area contributed by atoms with Gasteiger partial charge in [0, 0.05) is 27.8 Å². The summed E-state index contributed by atoms with van der Waals surface area (Å²) in [4.78, 5) is 1.25. The molecule has 0 aromatic heterocycles. The first-order chi connectivity index (χ1) is 7.79. The Morgan fingerprint density at radius 3 is 2.81 bits per heavy atom. The first-order valence-electron chi connectivity index (χ1n) is 5.47. The van der Waals surface area contributed by atoms with Crippen LogP contribution in [0, 0.1) is 0 Å². The van der Waals surface area contributed by atoms with Crippen LogP contribution in [0.25, 0.3) is 0 Å². The normalized spacial score (nSPS) is 25.6. The van der Waals surface area contributed by atoms with Gasteiger partial charge in [-0.3, -0.25) is 0 Å². The minimum atomic E-state index is 0.486. The Balaban J connectivity index is 1.99. The lowest BCUT2D eigenvalue weighted by Crippen LogP contribution is -2.43. The molecule has 16 heavy (non-hydrogen) atoms. The van der Waals surface area contributed by atoms with Crippen molar-refractivity contribution in [1.29, 1.82) is 0 Å². The molecule has 2 atom stereocenters. The average molecular weight is 258 g/mol. The van der Waals surface area contributed by atoms with Crippen LogP contribution in [0.3, 0.4) is 0 Å². The zero-order valence-corrected chi connectivity index (χ0v) is 10.9. The highest BCUT2D eigenvalue weighted by Crippen LogP contribution is 2.29. The lowest BCUT2D eigenvalue weighted by Gasteiger charge is -2.30. The minimum absolute atomic E-state index is 0.486. The topological polar surface area (TPSA) is 21.3 Å². The number of benzene rings is 1. The van der Waals surface area contributed by atoms with Gasteiger partial charge >= 0.3 is 0 Å². The van der Waals surface area contributed by atoms with Crippen molar-refractivity contribution in [3.63, 3.8) is 0 Å². The molecule has 0 bridgehead atoms. The highest BCUT2D eigenvalue weighted by molar-refractivity contribution is 8.00. The molecule has 0 saturated carbocycles. The monoisotopic (exact) mass is 257 g/mol. The maximum atomic E-state index is 5.86. The summed E-state index contributed by atoms with van der Waals surface area (Å²) < 4.78 is 5.52. The highest BCUT2D eigenvalue weighted by atomic mass is 35.5. The summed E-state index contributed by atoms with van der Waals surface area (Å²) in [5.41, 5.74) is 0. The largest absolute Gasteiger partial charge is 0.380 e. The molecule has 4 heteroatoms. The number of nitrogens with one attached hydrogen (secondary N) is 1. The maximum Gasteiger partial charge on any atom is 0.0603 e. The van der Waals surface area contributed by atoms with Gasteiger partial charge in [-0.2, -0.15) is 0 Å². The molecule has 1 fully saturated rings. The summed E-state index contributed by atoms with van der Waals surface area (Å²) >= 11 is 7.72. The lowest BCUT2D eigenvalue weighted by atomic mass is 10.1. The molecule has 1 aromatic rings. The van der Waals surface area contributed by atoms with Gasteiger partial charge in [0.15, 0.2) is 0 Å². The zero-order chi connectivity index (χ0) is 11.4. The number of thioether (sulfide) groups is 1. The van der Waals surface area contributed by atoms with E-state index in [9.17, 15) is 0 Å². The fraction of sp³-hybridized carbons (Fsp3) is 0.500. The second-order valence-electron chi connectivity index (χ2n) is 3.87. The first kappa shape index (κ1) is 12.2. The Labute approximate surface area is 106 Å². The molecule has 0 aliphatic carbocycles. The van der Waals surface area contributed by atoms with Crippen molar-refractivity contribution < 1.29 is 4.74 Å². The van der Waals surface area contributed by atoms with Crippen molar-refractivity contribution in [2.75, 3.05) is 20.3 Å². The van der Waals surface area contributed by atoms with Crippen molar-refractivity contribution in [3.05, 3.63) is 29.3 Å². The molecule has 1 aromatic carbocycles. The van der Waals surface area contributed by atoms with Crippen LogP contribution in [-0.2, 0) is 4.74 Å². The third kappa shape index (κ3) is 3.14. The Morgan fingerprint density at radius 2 is 2.12 bits per heavy atom. The summed E-state index contributed by atoms with van der Waals surface area (Å²) in [5, 5.41) is 4.63. The Morgan fingerprint density at radius 1 is 1.38 bits per heavy atom. The molecule has 2 nitrogen and oxygen atoms in total. The molecule has 88 valence electrons. The fourth-order valence-corrected chi connectivity index (χ4v) is 3.22.